The van der Waals surface area contributed by atoms with Crippen molar-refractivity contribution in [1.29, 1.82) is 0 Å². The van der Waals surface area contributed by atoms with Crippen LogP contribution in [0.2, 0.25) is 0 Å². The molecule has 0 aliphatic carbocycles. The highest BCUT2D eigenvalue weighted by atomic mass is 32.2. The van der Waals surface area contributed by atoms with Gasteiger partial charge in [-0.15, -0.1) is 0 Å². The number of ether oxygens (including phenoxy) is 3. The van der Waals surface area contributed by atoms with Crippen LogP contribution in [0.25, 0.3) is 0 Å². The first-order valence-electron chi connectivity index (χ1n) is 9.73. The van der Waals surface area contributed by atoms with E-state index in [1.54, 1.807) is 18.2 Å². The molecule has 8 nitrogen and oxygen atoms in total. The monoisotopic (exact) mass is 425 g/mol. The Labute approximate surface area is 171 Å². The molecule has 1 aromatic carbocycles. The second-order valence-electron chi connectivity index (χ2n) is 7.03. The third-order valence-corrected chi connectivity index (χ3v) is 7.67. The first-order chi connectivity index (χ1) is 14.0. The van der Waals surface area contributed by atoms with Crippen molar-refractivity contribution in [3.63, 3.8) is 0 Å². The highest BCUT2D eigenvalue weighted by Gasteiger charge is 2.52. The summed E-state index contributed by atoms with van der Waals surface area (Å²) in [6.45, 7) is 4.79. The first-order valence-corrected chi connectivity index (χ1v) is 11.2. The van der Waals surface area contributed by atoms with Crippen molar-refractivity contribution < 1.29 is 32.3 Å². The molecule has 0 spiro atoms. The Hall–Kier alpha value is -1.94. The van der Waals surface area contributed by atoms with Crippen molar-refractivity contribution in [2.45, 2.75) is 48.0 Å². The molecule has 1 amide bonds. The lowest BCUT2D eigenvalue weighted by Gasteiger charge is -2.35. The lowest BCUT2D eigenvalue weighted by atomic mass is 9.98. The molecule has 2 saturated heterocycles. The molecule has 2 heterocycles. The van der Waals surface area contributed by atoms with Crippen LogP contribution in [0.15, 0.2) is 41.8 Å². The molecule has 2 aliphatic rings. The molecule has 1 aromatic rings. The summed E-state index contributed by atoms with van der Waals surface area (Å²) in [6, 6.07) is 6.02. The molecule has 29 heavy (non-hydrogen) atoms. The Kier molecular flexibility index (Phi) is 7.28. The van der Waals surface area contributed by atoms with Crippen LogP contribution in [-0.2, 0) is 28.9 Å². The first kappa shape index (κ1) is 21.8. The van der Waals surface area contributed by atoms with Crippen molar-refractivity contribution in [1.82, 2.24) is 5.48 Å². The molecule has 160 valence electrons. The van der Waals surface area contributed by atoms with Crippen molar-refractivity contribution in [3.8, 4) is 5.75 Å². The average molecular weight is 426 g/mol. The molecule has 3 rings (SSSR count). The molecular formula is C20H27NO7S. The Morgan fingerprint density at radius 1 is 1.21 bits per heavy atom. The summed E-state index contributed by atoms with van der Waals surface area (Å²) in [5.41, 5.74) is 2.34. The van der Waals surface area contributed by atoms with E-state index in [4.69, 9.17) is 19.0 Å². The molecule has 0 bridgehead atoms. The van der Waals surface area contributed by atoms with Gasteiger partial charge in [0.2, 0.25) is 0 Å². The molecular weight excluding hydrogens is 398 g/mol. The number of hydroxylamine groups is 1. The minimum Gasteiger partial charge on any atom is -0.490 e. The van der Waals surface area contributed by atoms with Crippen molar-refractivity contribution in [3.05, 3.63) is 36.9 Å². The summed E-state index contributed by atoms with van der Waals surface area (Å²) in [6.07, 6.45) is 3.65. The summed E-state index contributed by atoms with van der Waals surface area (Å²) in [7, 11) is -4.00. The van der Waals surface area contributed by atoms with Gasteiger partial charge >= 0.3 is 0 Å². The Balaban J connectivity index is 1.79. The van der Waals surface area contributed by atoms with Crippen LogP contribution in [0.3, 0.4) is 0 Å². The second kappa shape index (κ2) is 9.71. The number of carbonyl (C=O) groups excluding carboxylic acids is 1. The standard InChI is InChI=1S/C20H27NO7S/c1-2-12-26-16-6-8-17(9-7-16)29(23,24)20(10-14-25-15-11-20)19(22)21-28-18-5-3-4-13-27-18/h2,6-9,18H,1,3-5,10-15H2,(H,21,22). The number of amides is 1. The van der Waals surface area contributed by atoms with Gasteiger partial charge in [0.05, 0.1) is 4.90 Å². The topological polar surface area (TPSA) is 100 Å². The van der Waals surface area contributed by atoms with Gasteiger partial charge in [-0.25, -0.2) is 18.7 Å². The van der Waals surface area contributed by atoms with Crippen LogP contribution < -0.4 is 10.2 Å². The number of rotatable bonds is 8. The smallest absolute Gasteiger partial charge is 0.265 e. The zero-order valence-corrected chi connectivity index (χ0v) is 17.1. The summed E-state index contributed by atoms with van der Waals surface area (Å²) in [5.74, 6) is -0.172. The maximum atomic E-state index is 13.5. The SMILES string of the molecule is C=CCOc1ccc(S(=O)(=O)C2(C(=O)NOC3CCCCO3)CCOCC2)cc1. The van der Waals surface area contributed by atoms with E-state index in [0.29, 0.717) is 25.4 Å². The lowest BCUT2D eigenvalue weighted by Crippen LogP contribution is -2.56. The maximum absolute atomic E-state index is 13.5. The van der Waals surface area contributed by atoms with Crippen LogP contribution in [0, 0.1) is 0 Å². The lowest BCUT2D eigenvalue weighted by molar-refractivity contribution is -0.202. The predicted molar refractivity (Wildman–Crippen MR) is 105 cm³/mol. The van der Waals surface area contributed by atoms with E-state index in [9.17, 15) is 13.2 Å². The zero-order valence-electron chi connectivity index (χ0n) is 16.3. The molecule has 0 saturated carbocycles. The van der Waals surface area contributed by atoms with E-state index >= 15 is 0 Å². The minimum atomic E-state index is -4.00. The third kappa shape index (κ3) is 4.80. The number of hydrogen-bond donors (Lipinski definition) is 1. The number of sulfone groups is 1. The van der Waals surface area contributed by atoms with E-state index in [-0.39, 0.29) is 31.0 Å². The van der Waals surface area contributed by atoms with Gasteiger partial charge < -0.3 is 14.2 Å². The largest absolute Gasteiger partial charge is 0.490 e. The summed E-state index contributed by atoms with van der Waals surface area (Å²) >= 11 is 0. The fourth-order valence-electron chi connectivity index (χ4n) is 3.43. The van der Waals surface area contributed by atoms with Gasteiger partial charge in [-0.2, -0.15) is 0 Å². The van der Waals surface area contributed by atoms with Gasteiger partial charge in [-0.3, -0.25) is 4.79 Å². The summed E-state index contributed by atoms with van der Waals surface area (Å²) in [5, 5.41) is 0. The molecule has 2 fully saturated rings. The predicted octanol–water partition coefficient (Wildman–Crippen LogP) is 2.15. The number of carbonyl (C=O) groups is 1. The molecule has 0 aromatic heterocycles. The fourth-order valence-corrected chi connectivity index (χ4v) is 5.37. The molecule has 2 aliphatic heterocycles. The van der Waals surface area contributed by atoms with Crippen molar-refractivity contribution in [2.24, 2.45) is 0 Å². The number of nitrogens with one attached hydrogen (secondary N) is 1. The third-order valence-electron chi connectivity index (χ3n) is 5.15. The Morgan fingerprint density at radius 2 is 1.93 bits per heavy atom. The summed E-state index contributed by atoms with van der Waals surface area (Å²) < 4.78 is 41.4. The second-order valence-corrected chi connectivity index (χ2v) is 9.29. The number of hydrogen-bond acceptors (Lipinski definition) is 7. The van der Waals surface area contributed by atoms with Gasteiger partial charge in [-0.1, -0.05) is 12.7 Å². The van der Waals surface area contributed by atoms with Crippen LogP contribution >= 0.6 is 0 Å². The van der Waals surface area contributed by atoms with Gasteiger partial charge in [0.1, 0.15) is 12.4 Å². The molecule has 0 radical (unpaired) electrons. The van der Waals surface area contributed by atoms with E-state index in [1.807, 2.05) is 0 Å². The minimum absolute atomic E-state index is 0.0464. The molecule has 1 N–H and O–H groups in total. The summed E-state index contributed by atoms with van der Waals surface area (Å²) in [4.78, 5) is 18.4. The van der Waals surface area contributed by atoms with Crippen LogP contribution in [-0.4, -0.2) is 51.8 Å². The zero-order chi connectivity index (χ0) is 20.7. The van der Waals surface area contributed by atoms with E-state index in [0.717, 1.165) is 12.8 Å². The van der Waals surface area contributed by atoms with Crippen LogP contribution in [0.1, 0.15) is 32.1 Å². The Bertz CT molecular complexity index is 795. The van der Waals surface area contributed by atoms with Crippen LogP contribution in [0.4, 0.5) is 0 Å². The highest BCUT2D eigenvalue weighted by Crippen LogP contribution is 2.36. The van der Waals surface area contributed by atoms with Gasteiger partial charge in [0.25, 0.3) is 5.91 Å². The van der Waals surface area contributed by atoms with Gasteiger partial charge in [0, 0.05) is 26.2 Å². The van der Waals surface area contributed by atoms with Crippen molar-refractivity contribution >= 4 is 15.7 Å². The van der Waals surface area contributed by atoms with E-state index in [2.05, 4.69) is 12.1 Å². The van der Waals surface area contributed by atoms with E-state index in [1.165, 1.54) is 12.1 Å². The van der Waals surface area contributed by atoms with Gasteiger partial charge in [-0.05, 0) is 49.9 Å². The molecule has 9 heteroatoms. The Morgan fingerprint density at radius 3 is 2.55 bits per heavy atom. The van der Waals surface area contributed by atoms with E-state index < -0.39 is 26.8 Å². The highest BCUT2D eigenvalue weighted by molar-refractivity contribution is 7.93. The number of benzene rings is 1. The molecule has 1 atom stereocenters. The van der Waals surface area contributed by atoms with Crippen LogP contribution in [0.5, 0.6) is 5.75 Å². The average Bonchev–Trinajstić information content (AvgIpc) is 2.77. The quantitative estimate of drug-likeness (QED) is 0.503. The van der Waals surface area contributed by atoms with Crippen molar-refractivity contribution in [2.75, 3.05) is 26.4 Å². The fraction of sp³-hybridized carbons (Fsp3) is 0.550. The normalized spacial score (nSPS) is 21.9. The maximum Gasteiger partial charge on any atom is 0.265 e. The molecule has 1 unspecified atom stereocenters. The van der Waals surface area contributed by atoms with Gasteiger partial charge in [0.15, 0.2) is 20.9 Å².